The number of hydrogen-bond donors (Lipinski definition) is 1. The van der Waals surface area contributed by atoms with Gasteiger partial charge in [-0.15, -0.1) is 11.3 Å². The van der Waals surface area contributed by atoms with Crippen LogP contribution in [0.5, 0.6) is 0 Å². The van der Waals surface area contributed by atoms with Gasteiger partial charge in [0.15, 0.2) is 0 Å². The summed E-state index contributed by atoms with van der Waals surface area (Å²) in [6, 6.07) is 7.56. The molecule has 2 nitrogen and oxygen atoms in total. The van der Waals surface area contributed by atoms with Crippen LogP contribution in [0.3, 0.4) is 0 Å². The first-order valence-corrected chi connectivity index (χ1v) is 7.10. The Morgan fingerprint density at radius 3 is 2.32 bits per heavy atom. The predicted molar refractivity (Wildman–Crippen MR) is 84.6 cm³/mol. The number of benzene rings is 1. The molecule has 0 aliphatic rings. The van der Waals surface area contributed by atoms with Crippen LogP contribution in [-0.4, -0.2) is 11.1 Å². The zero-order valence-electron chi connectivity index (χ0n) is 10.0. The van der Waals surface area contributed by atoms with E-state index in [9.17, 15) is 9.90 Å². The van der Waals surface area contributed by atoms with Crippen LogP contribution in [0.2, 0.25) is 0 Å². The molecule has 4 heteroatoms. The van der Waals surface area contributed by atoms with E-state index < -0.39 is 5.97 Å². The molecule has 0 unspecified atom stereocenters. The fourth-order valence-electron chi connectivity index (χ4n) is 1.83. The van der Waals surface area contributed by atoms with Gasteiger partial charge < -0.3 is 5.11 Å². The number of hydrogen-bond acceptors (Lipinski definition) is 2. The Kier molecular flexibility index (Phi) is 4.02. The summed E-state index contributed by atoms with van der Waals surface area (Å²) in [7, 11) is 0. The molecular weight excluding hydrogens is 324 g/mol. The lowest BCUT2D eigenvalue weighted by molar-refractivity contribution is 0.0698. The van der Waals surface area contributed by atoms with E-state index in [1.807, 2.05) is 24.3 Å². The first kappa shape index (κ1) is 13.8. The number of rotatable bonds is 4. The maximum absolute atomic E-state index is 11.5. The molecule has 0 spiro atoms. The Morgan fingerprint density at radius 1 is 1.21 bits per heavy atom. The van der Waals surface area contributed by atoms with Gasteiger partial charge in [-0.05, 0) is 17.7 Å². The van der Waals surface area contributed by atoms with Crippen LogP contribution in [0.15, 0.2) is 41.9 Å². The first-order valence-electron chi connectivity index (χ1n) is 5.49. The van der Waals surface area contributed by atoms with Crippen LogP contribution in [0.25, 0.3) is 22.6 Å². The maximum atomic E-state index is 11.5. The van der Waals surface area contributed by atoms with E-state index in [0.29, 0.717) is 5.56 Å². The molecule has 0 bridgehead atoms. The van der Waals surface area contributed by atoms with Crippen molar-refractivity contribution in [1.82, 2.24) is 0 Å². The van der Waals surface area contributed by atoms with Gasteiger partial charge in [0.2, 0.25) is 0 Å². The molecular formula is C15H11BrO2S. The standard InChI is InChI=1S/C15H11BrO2S/c1-3-11-12(4-2)19-14(13(11)15(17)18)9-5-7-10(16)8-6-9/h3-8H,1-2H2,(H,17,18). The van der Waals surface area contributed by atoms with Crippen molar-refractivity contribution < 1.29 is 9.90 Å². The second kappa shape index (κ2) is 5.55. The van der Waals surface area contributed by atoms with Gasteiger partial charge >= 0.3 is 5.97 Å². The van der Waals surface area contributed by atoms with Crippen molar-refractivity contribution in [2.75, 3.05) is 0 Å². The normalized spacial score (nSPS) is 10.2. The van der Waals surface area contributed by atoms with Gasteiger partial charge in [-0.25, -0.2) is 4.79 Å². The number of thiophene rings is 1. The van der Waals surface area contributed by atoms with Crippen molar-refractivity contribution in [3.8, 4) is 10.4 Å². The lowest BCUT2D eigenvalue weighted by atomic mass is 10.0. The summed E-state index contributed by atoms with van der Waals surface area (Å²) in [5.74, 6) is -0.947. The van der Waals surface area contributed by atoms with E-state index in [-0.39, 0.29) is 5.56 Å². The average Bonchev–Trinajstić information content (AvgIpc) is 2.78. The zero-order chi connectivity index (χ0) is 14.0. The summed E-state index contributed by atoms with van der Waals surface area (Å²) in [5.41, 5.74) is 1.80. The minimum Gasteiger partial charge on any atom is -0.478 e. The third-order valence-corrected chi connectivity index (χ3v) is 4.46. The van der Waals surface area contributed by atoms with Gasteiger partial charge in [-0.3, -0.25) is 0 Å². The van der Waals surface area contributed by atoms with E-state index in [2.05, 4.69) is 29.1 Å². The predicted octanol–water partition coefficient (Wildman–Crippen LogP) is 5.16. The largest absolute Gasteiger partial charge is 0.478 e. The Bertz CT molecular complexity index is 654. The van der Waals surface area contributed by atoms with E-state index in [4.69, 9.17) is 0 Å². The molecule has 1 heterocycles. The fraction of sp³-hybridized carbons (Fsp3) is 0. The van der Waals surface area contributed by atoms with Gasteiger partial charge in [0.25, 0.3) is 0 Å². The monoisotopic (exact) mass is 334 g/mol. The number of aromatic carboxylic acids is 1. The van der Waals surface area contributed by atoms with Crippen molar-refractivity contribution in [1.29, 1.82) is 0 Å². The number of carboxylic acid groups (broad SMARTS) is 1. The summed E-state index contributed by atoms with van der Waals surface area (Å²) in [6.45, 7) is 7.42. The Hall–Kier alpha value is -1.65. The molecule has 0 saturated heterocycles. The lowest BCUT2D eigenvalue weighted by Crippen LogP contribution is -1.98. The van der Waals surface area contributed by atoms with E-state index >= 15 is 0 Å². The summed E-state index contributed by atoms with van der Waals surface area (Å²) >= 11 is 4.78. The quantitative estimate of drug-likeness (QED) is 0.838. The van der Waals surface area contributed by atoms with Crippen molar-refractivity contribution >= 4 is 45.4 Å². The van der Waals surface area contributed by atoms with Crippen molar-refractivity contribution in [3.05, 3.63) is 57.9 Å². The van der Waals surface area contributed by atoms with Crippen molar-refractivity contribution in [2.45, 2.75) is 0 Å². The second-order valence-corrected chi connectivity index (χ2v) is 5.77. The fourth-order valence-corrected chi connectivity index (χ4v) is 3.25. The van der Waals surface area contributed by atoms with Gasteiger partial charge in [-0.1, -0.05) is 53.4 Å². The van der Waals surface area contributed by atoms with Gasteiger partial charge in [0, 0.05) is 14.9 Å². The Labute approximate surface area is 123 Å². The van der Waals surface area contributed by atoms with Crippen molar-refractivity contribution in [3.63, 3.8) is 0 Å². The third kappa shape index (κ3) is 2.55. The topological polar surface area (TPSA) is 37.3 Å². The molecule has 2 aromatic rings. The molecule has 0 fully saturated rings. The maximum Gasteiger partial charge on any atom is 0.337 e. The van der Waals surface area contributed by atoms with Crippen LogP contribution < -0.4 is 0 Å². The molecule has 96 valence electrons. The lowest BCUT2D eigenvalue weighted by Gasteiger charge is -2.01. The number of carbonyl (C=O) groups is 1. The van der Waals surface area contributed by atoms with Crippen molar-refractivity contribution in [2.24, 2.45) is 0 Å². The van der Waals surface area contributed by atoms with Gasteiger partial charge in [-0.2, -0.15) is 0 Å². The SMILES string of the molecule is C=Cc1sc(-c2ccc(Br)cc2)c(C(=O)O)c1C=C. The van der Waals surface area contributed by atoms with Crippen LogP contribution in [-0.2, 0) is 0 Å². The molecule has 1 aromatic heterocycles. The van der Waals surface area contributed by atoms with Gasteiger partial charge in [0.05, 0.1) is 10.4 Å². The first-order chi connectivity index (χ1) is 9.08. The highest BCUT2D eigenvalue weighted by Crippen LogP contribution is 2.38. The molecule has 1 N–H and O–H groups in total. The summed E-state index contributed by atoms with van der Waals surface area (Å²) in [6.07, 6.45) is 3.23. The molecule has 2 rings (SSSR count). The van der Waals surface area contributed by atoms with Crippen LogP contribution in [0, 0.1) is 0 Å². The second-order valence-electron chi connectivity index (χ2n) is 3.80. The van der Waals surface area contributed by atoms with Crippen LogP contribution in [0.1, 0.15) is 20.8 Å². The van der Waals surface area contributed by atoms with E-state index in [1.165, 1.54) is 11.3 Å². The highest BCUT2D eigenvalue weighted by atomic mass is 79.9. The number of carboxylic acids is 1. The number of halogens is 1. The smallest absolute Gasteiger partial charge is 0.337 e. The molecule has 0 saturated carbocycles. The third-order valence-electron chi connectivity index (χ3n) is 2.68. The molecule has 0 atom stereocenters. The Morgan fingerprint density at radius 2 is 1.84 bits per heavy atom. The zero-order valence-corrected chi connectivity index (χ0v) is 12.4. The molecule has 0 amide bonds. The molecule has 0 radical (unpaired) electrons. The van der Waals surface area contributed by atoms with Gasteiger partial charge in [0.1, 0.15) is 0 Å². The minimum absolute atomic E-state index is 0.289. The van der Waals surface area contributed by atoms with E-state index in [0.717, 1.165) is 19.8 Å². The molecule has 0 aliphatic carbocycles. The molecule has 1 aromatic carbocycles. The highest BCUT2D eigenvalue weighted by Gasteiger charge is 2.21. The summed E-state index contributed by atoms with van der Waals surface area (Å²) in [5, 5.41) is 9.42. The van der Waals surface area contributed by atoms with Crippen LogP contribution in [0.4, 0.5) is 0 Å². The minimum atomic E-state index is -0.947. The average molecular weight is 335 g/mol. The Balaban J connectivity index is 2.72. The van der Waals surface area contributed by atoms with Crippen LogP contribution >= 0.6 is 27.3 Å². The molecule has 19 heavy (non-hydrogen) atoms. The summed E-state index contributed by atoms with van der Waals surface area (Å²) in [4.78, 5) is 13.0. The highest BCUT2D eigenvalue weighted by molar-refractivity contribution is 9.10. The molecule has 0 aliphatic heterocycles. The van der Waals surface area contributed by atoms with E-state index in [1.54, 1.807) is 12.2 Å². The summed E-state index contributed by atoms with van der Waals surface area (Å²) < 4.78 is 0.956.